The number of nitrogens with one attached hydrogen (secondary N) is 1. The molecule has 1 fully saturated rings. The first-order valence-electron chi connectivity index (χ1n) is 11.0. The van der Waals surface area contributed by atoms with Crippen molar-refractivity contribution in [2.24, 2.45) is 7.05 Å². The maximum absolute atomic E-state index is 13.9. The summed E-state index contributed by atoms with van der Waals surface area (Å²) in [5.41, 5.74) is 1.94. The fourth-order valence-electron chi connectivity index (χ4n) is 4.16. The zero-order valence-corrected chi connectivity index (χ0v) is 18.3. The average Bonchev–Trinajstić information content (AvgIpc) is 3.41. The first kappa shape index (κ1) is 21.1. The van der Waals surface area contributed by atoms with Gasteiger partial charge in [-0.25, -0.2) is 19.3 Å². The van der Waals surface area contributed by atoms with E-state index in [-0.39, 0.29) is 5.82 Å². The standard InChI is InChI=1S/C26H24FN5O/c1-32-24(19-10-7-11-20(27)16-19)31-22-23(28-17-18-8-3-2-4-9-18)29-21(30-25(22)32)12-15-26(33)13-5-6-14-26/h2-4,7-11,16,33H,5-6,13-14,17H2,1H3,(H,28,29,30). The third-order valence-electron chi connectivity index (χ3n) is 5.94. The molecule has 0 radical (unpaired) electrons. The molecule has 0 aliphatic heterocycles. The summed E-state index contributed by atoms with van der Waals surface area (Å²) in [5.74, 6) is 7.07. The molecule has 166 valence electrons. The first-order chi connectivity index (χ1) is 16.0. The molecule has 2 heterocycles. The Bertz CT molecular complexity index is 1360. The van der Waals surface area contributed by atoms with Crippen molar-refractivity contribution in [2.75, 3.05) is 5.32 Å². The van der Waals surface area contributed by atoms with E-state index in [0.717, 1.165) is 18.4 Å². The van der Waals surface area contributed by atoms with E-state index in [2.05, 4.69) is 27.1 Å². The smallest absolute Gasteiger partial charge is 0.209 e. The molecule has 7 heteroatoms. The lowest BCUT2D eigenvalue weighted by molar-refractivity contribution is 0.110. The number of imidazole rings is 1. The molecule has 0 saturated heterocycles. The lowest BCUT2D eigenvalue weighted by Crippen LogP contribution is -2.21. The number of rotatable bonds is 4. The van der Waals surface area contributed by atoms with Gasteiger partial charge < -0.3 is 15.0 Å². The highest BCUT2D eigenvalue weighted by Gasteiger charge is 2.28. The number of hydrogen-bond donors (Lipinski definition) is 2. The van der Waals surface area contributed by atoms with Crippen LogP contribution >= 0.6 is 0 Å². The Morgan fingerprint density at radius 3 is 2.61 bits per heavy atom. The lowest BCUT2D eigenvalue weighted by atomic mass is 10.0. The van der Waals surface area contributed by atoms with E-state index in [9.17, 15) is 9.50 Å². The molecule has 2 N–H and O–H groups in total. The predicted molar refractivity (Wildman–Crippen MR) is 126 cm³/mol. The van der Waals surface area contributed by atoms with Gasteiger partial charge in [-0.05, 0) is 49.3 Å². The van der Waals surface area contributed by atoms with Crippen molar-refractivity contribution < 1.29 is 9.50 Å². The highest BCUT2D eigenvalue weighted by atomic mass is 19.1. The summed E-state index contributed by atoms with van der Waals surface area (Å²) in [6.45, 7) is 0.551. The normalized spacial score (nSPS) is 14.8. The van der Waals surface area contributed by atoms with E-state index in [4.69, 9.17) is 4.98 Å². The minimum absolute atomic E-state index is 0.312. The SMILES string of the molecule is Cn1c(-c2cccc(F)c2)nc2c(NCc3ccccc3)nc(C#CC3(O)CCCC3)nc21. The topological polar surface area (TPSA) is 75.9 Å². The second kappa shape index (κ2) is 8.64. The van der Waals surface area contributed by atoms with Crippen LogP contribution in [0.5, 0.6) is 0 Å². The van der Waals surface area contributed by atoms with Gasteiger partial charge in [-0.2, -0.15) is 0 Å². The molecule has 2 aromatic carbocycles. The van der Waals surface area contributed by atoms with Crippen LogP contribution < -0.4 is 5.32 Å². The van der Waals surface area contributed by atoms with Gasteiger partial charge in [0.2, 0.25) is 5.82 Å². The van der Waals surface area contributed by atoms with Crippen LogP contribution in [-0.4, -0.2) is 30.2 Å². The summed E-state index contributed by atoms with van der Waals surface area (Å²) in [6.07, 6.45) is 3.26. The van der Waals surface area contributed by atoms with Gasteiger partial charge in [-0.3, -0.25) is 0 Å². The number of hydrogen-bond acceptors (Lipinski definition) is 5. The summed E-state index contributed by atoms with van der Waals surface area (Å²) >= 11 is 0. The van der Waals surface area contributed by atoms with Gasteiger partial charge in [0.15, 0.2) is 17.0 Å². The fourth-order valence-corrected chi connectivity index (χ4v) is 4.16. The molecular weight excluding hydrogens is 417 g/mol. The minimum atomic E-state index is -0.977. The maximum Gasteiger partial charge on any atom is 0.209 e. The van der Waals surface area contributed by atoms with Crippen LogP contribution in [0.25, 0.3) is 22.6 Å². The van der Waals surface area contributed by atoms with Crippen molar-refractivity contribution >= 4 is 17.0 Å². The van der Waals surface area contributed by atoms with Gasteiger partial charge in [0.25, 0.3) is 0 Å². The van der Waals surface area contributed by atoms with E-state index >= 15 is 0 Å². The quantitative estimate of drug-likeness (QED) is 0.458. The van der Waals surface area contributed by atoms with Gasteiger partial charge in [0.1, 0.15) is 17.2 Å². The summed E-state index contributed by atoms with van der Waals surface area (Å²) in [6, 6.07) is 16.3. The molecule has 1 aliphatic carbocycles. The highest BCUT2D eigenvalue weighted by Crippen LogP contribution is 2.29. The molecule has 1 aliphatic rings. The van der Waals surface area contributed by atoms with E-state index in [0.29, 0.717) is 53.6 Å². The van der Waals surface area contributed by atoms with E-state index in [1.54, 1.807) is 6.07 Å². The molecular formula is C26H24FN5O. The maximum atomic E-state index is 13.9. The predicted octanol–water partition coefficient (Wildman–Crippen LogP) is 4.44. The van der Waals surface area contributed by atoms with Gasteiger partial charge in [0, 0.05) is 19.2 Å². The third kappa shape index (κ3) is 4.43. The Kier molecular flexibility index (Phi) is 5.53. The zero-order valence-electron chi connectivity index (χ0n) is 18.3. The third-order valence-corrected chi connectivity index (χ3v) is 5.94. The van der Waals surface area contributed by atoms with Crippen LogP contribution in [0.1, 0.15) is 37.1 Å². The molecule has 0 atom stereocenters. The highest BCUT2D eigenvalue weighted by molar-refractivity contribution is 5.87. The monoisotopic (exact) mass is 441 g/mol. The Balaban J connectivity index is 1.59. The Hall–Kier alpha value is -3.76. The molecule has 0 bridgehead atoms. The summed E-state index contributed by atoms with van der Waals surface area (Å²) < 4.78 is 15.7. The second-order valence-corrected chi connectivity index (χ2v) is 8.40. The zero-order chi connectivity index (χ0) is 22.8. The number of nitrogens with zero attached hydrogens (tertiary/aromatic N) is 4. The summed E-state index contributed by atoms with van der Waals surface area (Å²) in [4.78, 5) is 14.0. The van der Waals surface area contributed by atoms with Crippen molar-refractivity contribution in [1.82, 2.24) is 19.5 Å². The van der Waals surface area contributed by atoms with Crippen LogP contribution in [-0.2, 0) is 13.6 Å². The van der Waals surface area contributed by atoms with Crippen LogP contribution in [0.15, 0.2) is 54.6 Å². The number of aryl methyl sites for hydroxylation is 1. The average molecular weight is 442 g/mol. The number of aliphatic hydroxyl groups is 1. The van der Waals surface area contributed by atoms with Crippen LogP contribution in [0.2, 0.25) is 0 Å². The Morgan fingerprint density at radius 1 is 1.06 bits per heavy atom. The first-order valence-corrected chi connectivity index (χ1v) is 11.0. The molecule has 4 aromatic rings. The van der Waals surface area contributed by atoms with E-state index in [1.165, 1.54) is 12.1 Å². The van der Waals surface area contributed by atoms with Crippen molar-refractivity contribution in [3.63, 3.8) is 0 Å². The van der Waals surface area contributed by atoms with Crippen LogP contribution in [0.4, 0.5) is 10.2 Å². The van der Waals surface area contributed by atoms with Crippen molar-refractivity contribution in [1.29, 1.82) is 0 Å². The van der Waals surface area contributed by atoms with E-state index < -0.39 is 5.60 Å². The summed E-state index contributed by atoms with van der Waals surface area (Å²) in [7, 11) is 1.84. The molecule has 0 unspecified atom stereocenters. The summed E-state index contributed by atoms with van der Waals surface area (Å²) in [5, 5.41) is 14.0. The molecule has 33 heavy (non-hydrogen) atoms. The van der Waals surface area contributed by atoms with Gasteiger partial charge in [0.05, 0.1) is 0 Å². The molecule has 0 amide bonds. The van der Waals surface area contributed by atoms with Crippen LogP contribution in [0, 0.1) is 17.7 Å². The van der Waals surface area contributed by atoms with Crippen molar-refractivity contribution in [3.05, 3.63) is 71.8 Å². The van der Waals surface area contributed by atoms with Gasteiger partial charge >= 0.3 is 0 Å². The Labute approximate surface area is 191 Å². The number of halogens is 1. The molecule has 1 saturated carbocycles. The largest absolute Gasteiger partial charge is 0.378 e. The number of aromatic nitrogens is 4. The molecule has 0 spiro atoms. The fraction of sp³-hybridized carbons (Fsp3) is 0.269. The Morgan fingerprint density at radius 2 is 1.85 bits per heavy atom. The van der Waals surface area contributed by atoms with Crippen molar-refractivity contribution in [3.8, 4) is 23.2 Å². The molecule has 6 nitrogen and oxygen atoms in total. The lowest BCUT2D eigenvalue weighted by Gasteiger charge is -2.12. The van der Waals surface area contributed by atoms with Gasteiger partial charge in [-0.15, -0.1) is 0 Å². The van der Waals surface area contributed by atoms with E-state index in [1.807, 2.05) is 48.0 Å². The molecule has 2 aromatic heterocycles. The number of anilines is 1. The van der Waals surface area contributed by atoms with Crippen molar-refractivity contribution in [2.45, 2.75) is 37.8 Å². The molecule has 5 rings (SSSR count). The number of benzene rings is 2. The van der Waals surface area contributed by atoms with Crippen LogP contribution in [0.3, 0.4) is 0 Å². The van der Waals surface area contributed by atoms with Gasteiger partial charge in [-0.1, -0.05) is 48.4 Å². The minimum Gasteiger partial charge on any atom is -0.378 e. The second-order valence-electron chi connectivity index (χ2n) is 8.40. The number of fused-ring (bicyclic) bond motifs is 1.